The minimum absolute atomic E-state index is 0.0135. The molecule has 2 atom stereocenters. The average Bonchev–Trinajstić information content (AvgIpc) is 2.84. The zero-order chi connectivity index (χ0) is 26.2. The summed E-state index contributed by atoms with van der Waals surface area (Å²) in [6.45, 7) is 0.192. The molecule has 1 aliphatic heterocycles. The fourth-order valence-corrected chi connectivity index (χ4v) is 4.18. The molecular formula is C23H26Cl2N6O5. The molecular weight excluding hydrogens is 511 g/mol. The minimum Gasteiger partial charge on any atom is -0.493 e. The number of carbonyl (C=O) groups is 3. The van der Waals surface area contributed by atoms with Gasteiger partial charge in [-0.1, -0.05) is 29.3 Å². The lowest BCUT2D eigenvalue weighted by Gasteiger charge is -2.27. The van der Waals surface area contributed by atoms with Gasteiger partial charge in [-0.15, -0.1) is 0 Å². The van der Waals surface area contributed by atoms with Gasteiger partial charge in [-0.05, 0) is 30.3 Å². The van der Waals surface area contributed by atoms with E-state index in [4.69, 9.17) is 43.8 Å². The first-order chi connectivity index (χ1) is 17.2. The highest BCUT2D eigenvalue weighted by atomic mass is 35.5. The van der Waals surface area contributed by atoms with Crippen LogP contribution in [0.2, 0.25) is 10.0 Å². The summed E-state index contributed by atoms with van der Waals surface area (Å²) < 4.78 is 10.4. The summed E-state index contributed by atoms with van der Waals surface area (Å²) in [7, 11) is 1.17. The predicted molar refractivity (Wildman–Crippen MR) is 136 cm³/mol. The fraction of sp³-hybridized carbons (Fsp3) is 0.304. The van der Waals surface area contributed by atoms with Crippen molar-refractivity contribution in [3.8, 4) is 5.75 Å². The molecule has 0 spiro atoms. The third kappa shape index (κ3) is 7.00. The zero-order valence-electron chi connectivity index (χ0n) is 19.3. The number of amides is 2. The number of fused-ring (bicyclic) bond motifs is 1. The fourth-order valence-electron chi connectivity index (χ4n) is 3.61. The lowest BCUT2D eigenvalue weighted by atomic mass is 10.00. The molecule has 0 aromatic heterocycles. The van der Waals surface area contributed by atoms with Gasteiger partial charge in [-0.3, -0.25) is 15.0 Å². The molecule has 2 aromatic carbocycles. The molecule has 13 heteroatoms. The third-order valence-electron chi connectivity index (χ3n) is 5.32. The number of methoxy groups -OCH3 is 1. The molecule has 192 valence electrons. The maximum Gasteiger partial charge on any atom is 0.330 e. The second-order valence-corrected chi connectivity index (χ2v) is 8.63. The van der Waals surface area contributed by atoms with Crippen molar-refractivity contribution >= 4 is 52.6 Å². The number of ether oxygens (including phenoxy) is 2. The highest BCUT2D eigenvalue weighted by molar-refractivity contribution is 6.39. The number of benzene rings is 2. The number of nitrogens with two attached hydrogens (primary N) is 1. The largest absolute Gasteiger partial charge is 0.493 e. The van der Waals surface area contributed by atoms with Gasteiger partial charge in [0.05, 0.1) is 35.9 Å². The third-order valence-corrected chi connectivity index (χ3v) is 5.95. The van der Waals surface area contributed by atoms with Gasteiger partial charge in [0.25, 0.3) is 5.91 Å². The van der Waals surface area contributed by atoms with E-state index in [2.05, 4.69) is 21.3 Å². The van der Waals surface area contributed by atoms with Crippen molar-refractivity contribution in [1.82, 2.24) is 16.0 Å². The number of hydrogen-bond donors (Lipinski definition) is 6. The Morgan fingerprint density at radius 2 is 1.94 bits per heavy atom. The molecule has 0 fully saturated rings. The summed E-state index contributed by atoms with van der Waals surface area (Å²) in [6.07, 6.45) is 0.614. The van der Waals surface area contributed by atoms with Crippen LogP contribution >= 0.6 is 23.2 Å². The van der Waals surface area contributed by atoms with Crippen LogP contribution in [0, 0.1) is 5.41 Å². The van der Waals surface area contributed by atoms with Crippen LogP contribution in [0.5, 0.6) is 5.75 Å². The number of esters is 1. The number of rotatable bonds is 9. The van der Waals surface area contributed by atoms with Crippen LogP contribution < -0.4 is 31.7 Å². The molecule has 1 heterocycles. The van der Waals surface area contributed by atoms with Gasteiger partial charge in [-0.25, -0.2) is 4.79 Å². The Morgan fingerprint density at radius 1 is 1.22 bits per heavy atom. The standard InChI is InChI=1S/C23H26Cl2N6O5/c1-35-22(34)17(31-21(33)20-14(24)3-2-4-15(20)25)10-29-19(32)11-28-16-7-8-36-18-6-5-12(9-13(16)18)30-23(26)27/h2-6,9,16-17,28H,7-8,10-11H2,1H3,(H,29,32)(H,31,33)(H4,26,27,30)/t16-,17-/m0/s1. The molecule has 0 saturated heterocycles. The van der Waals surface area contributed by atoms with Crippen LogP contribution in [0.25, 0.3) is 0 Å². The van der Waals surface area contributed by atoms with E-state index in [1.165, 1.54) is 19.2 Å². The number of carbonyl (C=O) groups excluding carboxylic acids is 3. The quantitative estimate of drug-likeness (QED) is 0.160. The Balaban J connectivity index is 1.59. The van der Waals surface area contributed by atoms with E-state index in [-0.39, 0.29) is 40.7 Å². The van der Waals surface area contributed by atoms with Crippen LogP contribution in [0.3, 0.4) is 0 Å². The lowest BCUT2D eigenvalue weighted by molar-refractivity contribution is -0.142. The highest BCUT2D eigenvalue weighted by Gasteiger charge is 2.26. The molecule has 2 aromatic rings. The van der Waals surface area contributed by atoms with Crippen LogP contribution in [-0.2, 0) is 14.3 Å². The van der Waals surface area contributed by atoms with Gasteiger partial charge < -0.3 is 36.5 Å². The van der Waals surface area contributed by atoms with Gasteiger partial charge in [0.2, 0.25) is 5.91 Å². The minimum atomic E-state index is -1.16. The summed E-state index contributed by atoms with van der Waals surface area (Å²) in [5.74, 6) is -1.36. The summed E-state index contributed by atoms with van der Waals surface area (Å²) in [5.41, 5.74) is 6.85. The normalized spacial score (nSPS) is 15.0. The second kappa shape index (κ2) is 12.4. The van der Waals surface area contributed by atoms with Crippen molar-refractivity contribution in [2.75, 3.05) is 32.1 Å². The SMILES string of the molecule is COC(=O)[C@H](CNC(=O)CN[C@H]1CCOc2ccc(NC(=N)N)cc21)NC(=O)c1c(Cl)cccc1Cl. The van der Waals surface area contributed by atoms with Crippen molar-refractivity contribution in [3.63, 3.8) is 0 Å². The number of hydrogen-bond acceptors (Lipinski definition) is 7. The zero-order valence-corrected chi connectivity index (χ0v) is 20.8. The Hall–Kier alpha value is -3.54. The lowest BCUT2D eigenvalue weighted by Crippen LogP contribution is -2.50. The van der Waals surface area contributed by atoms with Crippen molar-refractivity contribution in [1.29, 1.82) is 5.41 Å². The van der Waals surface area contributed by atoms with Crippen molar-refractivity contribution < 1.29 is 23.9 Å². The van der Waals surface area contributed by atoms with Crippen molar-refractivity contribution in [2.45, 2.75) is 18.5 Å². The number of halogens is 2. The first kappa shape index (κ1) is 27.1. The summed E-state index contributed by atoms with van der Waals surface area (Å²) in [4.78, 5) is 37.4. The first-order valence-corrected chi connectivity index (χ1v) is 11.7. The highest BCUT2D eigenvalue weighted by Crippen LogP contribution is 2.34. The molecule has 11 nitrogen and oxygen atoms in total. The Bertz CT molecular complexity index is 1140. The summed E-state index contributed by atoms with van der Waals surface area (Å²) in [5, 5.41) is 18.6. The average molecular weight is 537 g/mol. The topological polar surface area (TPSA) is 168 Å². The van der Waals surface area contributed by atoms with Crippen molar-refractivity contribution in [2.24, 2.45) is 5.73 Å². The van der Waals surface area contributed by atoms with E-state index in [0.717, 1.165) is 5.56 Å². The maximum atomic E-state index is 12.7. The smallest absolute Gasteiger partial charge is 0.330 e. The monoisotopic (exact) mass is 536 g/mol. The molecule has 2 amide bonds. The number of nitrogens with one attached hydrogen (secondary N) is 5. The van der Waals surface area contributed by atoms with E-state index < -0.39 is 23.8 Å². The van der Waals surface area contributed by atoms with E-state index in [0.29, 0.717) is 24.5 Å². The molecule has 3 rings (SSSR count). The van der Waals surface area contributed by atoms with Crippen LogP contribution in [-0.4, -0.2) is 56.6 Å². The molecule has 0 bridgehead atoms. The van der Waals surface area contributed by atoms with E-state index in [1.54, 1.807) is 24.3 Å². The van der Waals surface area contributed by atoms with E-state index >= 15 is 0 Å². The molecule has 1 aliphatic rings. The predicted octanol–water partition coefficient (Wildman–Crippen LogP) is 1.80. The second-order valence-electron chi connectivity index (χ2n) is 7.81. The van der Waals surface area contributed by atoms with Gasteiger partial charge in [0.15, 0.2) is 5.96 Å². The summed E-state index contributed by atoms with van der Waals surface area (Å²) in [6, 6.07) is 8.54. The molecule has 7 N–H and O–H groups in total. The molecule has 0 radical (unpaired) electrons. The summed E-state index contributed by atoms with van der Waals surface area (Å²) >= 11 is 12.1. The molecule has 0 saturated carbocycles. The van der Waals surface area contributed by atoms with Crippen LogP contribution in [0.1, 0.15) is 28.4 Å². The van der Waals surface area contributed by atoms with Gasteiger partial charge in [0, 0.05) is 30.3 Å². The number of guanidine groups is 1. The van der Waals surface area contributed by atoms with Crippen LogP contribution in [0.4, 0.5) is 5.69 Å². The number of anilines is 1. The van der Waals surface area contributed by atoms with Gasteiger partial charge in [-0.2, -0.15) is 0 Å². The Labute approximate surface area is 217 Å². The van der Waals surface area contributed by atoms with Gasteiger partial charge >= 0.3 is 5.97 Å². The maximum absolute atomic E-state index is 12.7. The Morgan fingerprint density at radius 3 is 2.61 bits per heavy atom. The Kier molecular flexibility index (Phi) is 9.34. The van der Waals surface area contributed by atoms with Crippen LogP contribution in [0.15, 0.2) is 36.4 Å². The molecule has 0 aliphatic carbocycles. The van der Waals surface area contributed by atoms with Crippen molar-refractivity contribution in [3.05, 3.63) is 57.6 Å². The van der Waals surface area contributed by atoms with Gasteiger partial charge in [0.1, 0.15) is 11.8 Å². The first-order valence-electron chi connectivity index (χ1n) is 10.9. The van der Waals surface area contributed by atoms with E-state index in [9.17, 15) is 14.4 Å². The molecule has 0 unspecified atom stereocenters. The molecule has 36 heavy (non-hydrogen) atoms. The van der Waals surface area contributed by atoms with E-state index in [1.807, 2.05) is 0 Å².